The average molecular weight is 331 g/mol. The topological polar surface area (TPSA) is 53.6 Å². The number of benzene rings is 1. The van der Waals surface area contributed by atoms with Crippen LogP contribution in [0.2, 0.25) is 0 Å². The lowest BCUT2D eigenvalue weighted by Gasteiger charge is -2.30. The fourth-order valence-corrected chi connectivity index (χ4v) is 3.47. The van der Waals surface area contributed by atoms with E-state index in [9.17, 15) is 4.79 Å². The molecule has 2 heterocycles. The van der Waals surface area contributed by atoms with Gasteiger partial charge in [0, 0.05) is 19.1 Å². The van der Waals surface area contributed by atoms with Crippen molar-refractivity contribution in [3.63, 3.8) is 0 Å². The number of rotatable bonds is 6. The van der Waals surface area contributed by atoms with Gasteiger partial charge in [0.15, 0.2) is 0 Å². The van der Waals surface area contributed by atoms with Crippen molar-refractivity contribution in [3.05, 3.63) is 24.3 Å². The molecule has 1 aromatic rings. The van der Waals surface area contributed by atoms with Crippen LogP contribution in [0.25, 0.3) is 0 Å². The van der Waals surface area contributed by atoms with Crippen LogP contribution in [0.15, 0.2) is 24.3 Å². The number of likely N-dealkylation sites (tertiary alicyclic amines) is 1. The molecular weight excluding hydrogens is 302 g/mol. The van der Waals surface area contributed by atoms with E-state index >= 15 is 0 Å². The first-order chi connectivity index (χ1) is 11.7. The predicted molar refractivity (Wildman–Crippen MR) is 97.4 cm³/mol. The van der Waals surface area contributed by atoms with Crippen molar-refractivity contribution in [3.8, 4) is 0 Å². The molecule has 0 saturated carbocycles. The minimum atomic E-state index is 0.0723. The van der Waals surface area contributed by atoms with Gasteiger partial charge in [-0.2, -0.15) is 0 Å². The lowest BCUT2D eigenvalue weighted by Crippen LogP contribution is -2.36. The summed E-state index contributed by atoms with van der Waals surface area (Å²) in [7, 11) is 2.17. The van der Waals surface area contributed by atoms with E-state index in [2.05, 4.69) is 22.6 Å². The normalized spacial score (nSPS) is 22.5. The van der Waals surface area contributed by atoms with E-state index in [1.807, 2.05) is 24.3 Å². The summed E-state index contributed by atoms with van der Waals surface area (Å²) >= 11 is 0. The summed E-state index contributed by atoms with van der Waals surface area (Å²) in [6, 6.07) is 8.48. The van der Waals surface area contributed by atoms with Crippen LogP contribution in [-0.4, -0.2) is 49.7 Å². The lowest BCUT2D eigenvalue weighted by molar-refractivity contribution is -0.116. The van der Waals surface area contributed by atoms with Gasteiger partial charge in [-0.05, 0) is 64.4 Å². The highest BCUT2D eigenvalue weighted by atomic mass is 16.5. The molecule has 2 aliphatic rings. The SMILES string of the molecule is CN1CCC(Nc2ccccc2NC(=O)CC[C@@H]2CCCO2)CC1. The lowest BCUT2D eigenvalue weighted by atomic mass is 10.0. The van der Waals surface area contributed by atoms with Gasteiger partial charge in [0.25, 0.3) is 0 Å². The number of amides is 1. The summed E-state index contributed by atoms with van der Waals surface area (Å²) in [5, 5.41) is 6.67. The number of anilines is 2. The van der Waals surface area contributed by atoms with Crippen LogP contribution >= 0.6 is 0 Å². The van der Waals surface area contributed by atoms with Gasteiger partial charge in [-0.1, -0.05) is 12.1 Å². The molecule has 24 heavy (non-hydrogen) atoms. The molecule has 0 spiro atoms. The Morgan fingerprint density at radius 2 is 1.96 bits per heavy atom. The Balaban J connectivity index is 1.52. The highest BCUT2D eigenvalue weighted by Gasteiger charge is 2.19. The first kappa shape index (κ1) is 17.2. The molecule has 2 saturated heterocycles. The monoisotopic (exact) mass is 331 g/mol. The number of nitrogens with one attached hydrogen (secondary N) is 2. The molecule has 2 aliphatic heterocycles. The number of nitrogens with zero attached hydrogens (tertiary/aromatic N) is 1. The summed E-state index contributed by atoms with van der Waals surface area (Å²) in [5.41, 5.74) is 1.91. The number of para-hydroxylation sites is 2. The zero-order valence-electron chi connectivity index (χ0n) is 14.6. The van der Waals surface area contributed by atoms with Gasteiger partial charge >= 0.3 is 0 Å². The fraction of sp³-hybridized carbons (Fsp3) is 0.632. The van der Waals surface area contributed by atoms with Crippen molar-refractivity contribution in [1.29, 1.82) is 0 Å². The maximum Gasteiger partial charge on any atom is 0.224 e. The van der Waals surface area contributed by atoms with Crippen LogP contribution in [0, 0.1) is 0 Å². The van der Waals surface area contributed by atoms with Crippen LogP contribution in [0.1, 0.15) is 38.5 Å². The van der Waals surface area contributed by atoms with Gasteiger partial charge < -0.3 is 20.3 Å². The van der Waals surface area contributed by atoms with Crippen LogP contribution < -0.4 is 10.6 Å². The van der Waals surface area contributed by atoms with Crippen LogP contribution in [0.5, 0.6) is 0 Å². The Labute approximate surface area is 144 Å². The molecule has 1 amide bonds. The molecule has 0 aromatic heterocycles. The van der Waals surface area contributed by atoms with Crippen molar-refractivity contribution in [2.75, 3.05) is 37.4 Å². The quantitative estimate of drug-likeness (QED) is 0.841. The Morgan fingerprint density at radius 3 is 2.67 bits per heavy atom. The van der Waals surface area contributed by atoms with E-state index in [1.165, 1.54) is 0 Å². The molecule has 3 rings (SSSR count). The number of ether oxygens (including phenoxy) is 1. The third kappa shape index (κ3) is 4.95. The van der Waals surface area contributed by atoms with Gasteiger partial charge in [0.05, 0.1) is 17.5 Å². The Kier molecular flexibility index (Phi) is 6.10. The Bertz CT molecular complexity index is 535. The number of piperidine rings is 1. The molecule has 5 heteroatoms. The van der Waals surface area contributed by atoms with Crippen LogP contribution in [-0.2, 0) is 9.53 Å². The van der Waals surface area contributed by atoms with E-state index in [4.69, 9.17) is 4.74 Å². The van der Waals surface area contributed by atoms with E-state index in [0.29, 0.717) is 12.5 Å². The minimum Gasteiger partial charge on any atom is -0.381 e. The van der Waals surface area contributed by atoms with Crippen LogP contribution in [0.3, 0.4) is 0 Å². The van der Waals surface area contributed by atoms with E-state index < -0.39 is 0 Å². The molecule has 0 bridgehead atoms. The summed E-state index contributed by atoms with van der Waals surface area (Å²) in [6.07, 6.45) is 6.08. The zero-order chi connectivity index (χ0) is 16.8. The van der Waals surface area contributed by atoms with Crippen molar-refractivity contribution in [2.24, 2.45) is 0 Å². The summed E-state index contributed by atoms with van der Waals surface area (Å²) in [6.45, 7) is 3.08. The molecule has 132 valence electrons. The highest BCUT2D eigenvalue weighted by Crippen LogP contribution is 2.25. The van der Waals surface area contributed by atoms with Crippen molar-refractivity contribution in [2.45, 2.75) is 50.7 Å². The molecule has 2 N–H and O–H groups in total. The van der Waals surface area contributed by atoms with Gasteiger partial charge in [0.2, 0.25) is 5.91 Å². The molecule has 5 nitrogen and oxygen atoms in total. The van der Waals surface area contributed by atoms with Gasteiger partial charge in [-0.3, -0.25) is 4.79 Å². The average Bonchev–Trinajstić information content (AvgIpc) is 3.10. The standard InChI is InChI=1S/C19H29N3O2/c1-22-12-10-15(11-13-22)20-17-6-2-3-7-18(17)21-19(23)9-8-16-5-4-14-24-16/h2-3,6-7,15-16,20H,4-5,8-14H2,1H3,(H,21,23)/t16-/m0/s1. The second kappa shape index (κ2) is 8.49. The summed E-state index contributed by atoms with van der Waals surface area (Å²) in [4.78, 5) is 14.6. The first-order valence-electron chi connectivity index (χ1n) is 9.16. The number of hydrogen-bond donors (Lipinski definition) is 2. The van der Waals surface area contributed by atoms with E-state index in [-0.39, 0.29) is 12.0 Å². The maximum atomic E-state index is 12.3. The molecule has 0 aliphatic carbocycles. The summed E-state index contributed by atoms with van der Waals surface area (Å²) in [5.74, 6) is 0.0723. The second-order valence-electron chi connectivity index (χ2n) is 6.99. The van der Waals surface area contributed by atoms with Crippen LogP contribution in [0.4, 0.5) is 11.4 Å². The molecule has 1 aromatic carbocycles. The molecule has 2 fully saturated rings. The van der Waals surface area contributed by atoms with E-state index in [1.54, 1.807) is 0 Å². The minimum absolute atomic E-state index is 0.0723. The predicted octanol–water partition coefficient (Wildman–Crippen LogP) is 3.09. The van der Waals surface area contributed by atoms with Crippen molar-refractivity contribution >= 4 is 17.3 Å². The third-order valence-corrected chi connectivity index (χ3v) is 5.00. The van der Waals surface area contributed by atoms with Crippen molar-refractivity contribution < 1.29 is 9.53 Å². The van der Waals surface area contributed by atoms with Gasteiger partial charge in [-0.15, -0.1) is 0 Å². The largest absolute Gasteiger partial charge is 0.381 e. The third-order valence-electron chi connectivity index (χ3n) is 5.00. The van der Waals surface area contributed by atoms with Gasteiger partial charge in [-0.25, -0.2) is 0 Å². The molecule has 0 radical (unpaired) electrons. The highest BCUT2D eigenvalue weighted by molar-refractivity contribution is 5.94. The molecule has 0 unspecified atom stereocenters. The summed E-state index contributed by atoms with van der Waals surface area (Å²) < 4.78 is 5.59. The molecular formula is C19H29N3O2. The fourth-order valence-electron chi connectivity index (χ4n) is 3.47. The first-order valence-corrected chi connectivity index (χ1v) is 9.16. The van der Waals surface area contributed by atoms with Crippen molar-refractivity contribution in [1.82, 2.24) is 4.90 Å². The zero-order valence-corrected chi connectivity index (χ0v) is 14.6. The number of carbonyl (C=O) groups excluding carboxylic acids is 1. The number of carbonyl (C=O) groups is 1. The number of hydrogen-bond acceptors (Lipinski definition) is 4. The second-order valence-corrected chi connectivity index (χ2v) is 6.99. The molecule has 1 atom stereocenters. The Morgan fingerprint density at radius 1 is 1.21 bits per heavy atom. The van der Waals surface area contributed by atoms with E-state index in [0.717, 1.165) is 63.2 Å². The Hall–Kier alpha value is -1.59. The maximum absolute atomic E-state index is 12.3. The van der Waals surface area contributed by atoms with Gasteiger partial charge in [0.1, 0.15) is 0 Å². The smallest absolute Gasteiger partial charge is 0.224 e.